The maximum absolute atomic E-state index is 12.2. The third-order valence-electron chi connectivity index (χ3n) is 3.42. The van der Waals surface area contributed by atoms with E-state index in [-0.39, 0.29) is 5.78 Å². The first kappa shape index (κ1) is 17.5. The van der Waals surface area contributed by atoms with Crippen molar-refractivity contribution in [3.8, 4) is 11.5 Å². The second-order valence-corrected chi connectivity index (χ2v) is 5.24. The molecule has 2 aromatic rings. The summed E-state index contributed by atoms with van der Waals surface area (Å²) in [4.78, 5) is 24.3. The Hall–Kier alpha value is -2.82. The molecule has 2 atom stereocenters. The van der Waals surface area contributed by atoms with E-state index in [2.05, 4.69) is 0 Å². The number of Topliss-reactive ketones (excluding diaryl/α,β-unsaturated/α-hetero) is 1. The summed E-state index contributed by atoms with van der Waals surface area (Å²) in [5.74, 6) is 0.366. The molecule has 5 heteroatoms. The number of ketones is 1. The number of carbonyl (C=O) groups excluding carboxylic acids is 2. The van der Waals surface area contributed by atoms with Crippen LogP contribution >= 0.6 is 0 Å². The van der Waals surface area contributed by atoms with Crippen molar-refractivity contribution in [1.29, 1.82) is 0 Å². The highest BCUT2D eigenvalue weighted by atomic mass is 16.6. The predicted molar refractivity (Wildman–Crippen MR) is 89.4 cm³/mol. The molecular weight excluding hydrogens is 308 g/mol. The Morgan fingerprint density at radius 2 is 1.42 bits per heavy atom. The largest absolute Gasteiger partial charge is 0.497 e. The molecule has 0 saturated heterocycles. The molecule has 0 bridgehead atoms. The molecule has 5 nitrogen and oxygen atoms in total. The van der Waals surface area contributed by atoms with E-state index in [4.69, 9.17) is 14.2 Å². The molecule has 2 rings (SSSR count). The molecule has 0 spiro atoms. The Morgan fingerprint density at radius 3 is 2.00 bits per heavy atom. The lowest BCUT2D eigenvalue weighted by atomic mass is 10.1. The number of hydrogen-bond donors (Lipinski definition) is 0. The minimum Gasteiger partial charge on any atom is -0.497 e. The Balaban J connectivity index is 1.91. The smallest absolute Gasteiger partial charge is 0.347 e. The van der Waals surface area contributed by atoms with Crippen LogP contribution in [-0.2, 0) is 9.53 Å². The summed E-state index contributed by atoms with van der Waals surface area (Å²) in [6.07, 6.45) is -1.70. The molecule has 0 aliphatic carbocycles. The van der Waals surface area contributed by atoms with Crippen LogP contribution in [0.1, 0.15) is 24.2 Å². The Bertz CT molecular complexity index is 679. The lowest BCUT2D eigenvalue weighted by Crippen LogP contribution is -2.32. The summed E-state index contributed by atoms with van der Waals surface area (Å²) >= 11 is 0. The molecular formula is C19H20O5. The van der Waals surface area contributed by atoms with Gasteiger partial charge in [-0.05, 0) is 38.1 Å². The molecule has 0 fully saturated rings. The maximum Gasteiger partial charge on any atom is 0.347 e. The quantitative estimate of drug-likeness (QED) is 0.576. The Kier molecular flexibility index (Phi) is 5.95. The van der Waals surface area contributed by atoms with Crippen molar-refractivity contribution in [3.05, 3.63) is 60.2 Å². The molecule has 0 amide bonds. The van der Waals surface area contributed by atoms with Gasteiger partial charge in [-0.3, -0.25) is 4.79 Å². The van der Waals surface area contributed by atoms with Gasteiger partial charge in [-0.1, -0.05) is 30.3 Å². The van der Waals surface area contributed by atoms with Crippen LogP contribution < -0.4 is 9.47 Å². The third-order valence-corrected chi connectivity index (χ3v) is 3.42. The van der Waals surface area contributed by atoms with E-state index in [1.54, 1.807) is 69.5 Å². The van der Waals surface area contributed by atoms with Crippen LogP contribution in [0.5, 0.6) is 11.5 Å². The number of methoxy groups -OCH3 is 1. The molecule has 0 saturated carbocycles. The van der Waals surface area contributed by atoms with Gasteiger partial charge in [-0.25, -0.2) is 4.79 Å². The van der Waals surface area contributed by atoms with Crippen molar-refractivity contribution in [1.82, 2.24) is 0 Å². The SMILES string of the molecule is COc1ccc(OC(C)C(=O)OC(C)C(=O)c2ccccc2)cc1. The van der Waals surface area contributed by atoms with Crippen LogP contribution in [0.25, 0.3) is 0 Å². The molecule has 0 aliphatic rings. The normalized spacial score (nSPS) is 12.8. The first-order chi connectivity index (χ1) is 11.5. The lowest BCUT2D eigenvalue weighted by Gasteiger charge is -2.17. The zero-order valence-electron chi connectivity index (χ0n) is 13.9. The van der Waals surface area contributed by atoms with Crippen LogP contribution in [0.4, 0.5) is 0 Å². The average Bonchev–Trinajstić information content (AvgIpc) is 2.62. The van der Waals surface area contributed by atoms with Gasteiger partial charge in [0, 0.05) is 5.56 Å². The van der Waals surface area contributed by atoms with Gasteiger partial charge in [-0.2, -0.15) is 0 Å². The lowest BCUT2D eigenvalue weighted by molar-refractivity contribution is -0.153. The fourth-order valence-electron chi connectivity index (χ4n) is 2.07. The monoisotopic (exact) mass is 328 g/mol. The highest BCUT2D eigenvalue weighted by Gasteiger charge is 2.23. The van der Waals surface area contributed by atoms with Crippen LogP contribution in [0, 0.1) is 0 Å². The predicted octanol–water partition coefficient (Wildman–Crippen LogP) is 3.28. The maximum atomic E-state index is 12.2. The van der Waals surface area contributed by atoms with Gasteiger partial charge in [0.05, 0.1) is 7.11 Å². The van der Waals surface area contributed by atoms with Gasteiger partial charge in [-0.15, -0.1) is 0 Å². The van der Waals surface area contributed by atoms with E-state index < -0.39 is 18.2 Å². The number of ether oxygens (including phenoxy) is 3. The Labute approximate surface area is 141 Å². The first-order valence-corrected chi connectivity index (χ1v) is 7.61. The van der Waals surface area contributed by atoms with Gasteiger partial charge >= 0.3 is 5.97 Å². The van der Waals surface area contributed by atoms with Gasteiger partial charge < -0.3 is 14.2 Å². The molecule has 0 aromatic heterocycles. The van der Waals surface area contributed by atoms with Gasteiger partial charge in [0.25, 0.3) is 0 Å². The van der Waals surface area contributed by atoms with Crippen molar-refractivity contribution in [3.63, 3.8) is 0 Å². The molecule has 0 radical (unpaired) electrons. The second-order valence-electron chi connectivity index (χ2n) is 5.24. The van der Waals surface area contributed by atoms with E-state index in [9.17, 15) is 9.59 Å². The number of carbonyl (C=O) groups is 2. The zero-order valence-corrected chi connectivity index (χ0v) is 13.9. The van der Waals surface area contributed by atoms with Crippen molar-refractivity contribution in [2.45, 2.75) is 26.1 Å². The van der Waals surface area contributed by atoms with E-state index >= 15 is 0 Å². The number of hydrogen-bond acceptors (Lipinski definition) is 5. The standard InChI is InChI=1S/C19H20O5/c1-13(18(20)15-7-5-4-6-8-15)24-19(21)14(2)23-17-11-9-16(22-3)10-12-17/h4-14H,1-3H3. The molecule has 0 aliphatic heterocycles. The molecule has 2 unspecified atom stereocenters. The first-order valence-electron chi connectivity index (χ1n) is 7.61. The zero-order chi connectivity index (χ0) is 17.5. The van der Waals surface area contributed by atoms with Crippen molar-refractivity contribution in [2.24, 2.45) is 0 Å². The van der Waals surface area contributed by atoms with Crippen molar-refractivity contribution >= 4 is 11.8 Å². The van der Waals surface area contributed by atoms with Crippen LogP contribution in [0.15, 0.2) is 54.6 Å². The highest BCUT2D eigenvalue weighted by Crippen LogP contribution is 2.18. The fourth-order valence-corrected chi connectivity index (χ4v) is 2.07. The summed E-state index contributed by atoms with van der Waals surface area (Å²) in [5, 5.41) is 0. The number of benzene rings is 2. The number of rotatable bonds is 7. The van der Waals surface area contributed by atoms with E-state index in [0.717, 1.165) is 0 Å². The molecule has 126 valence electrons. The summed E-state index contributed by atoms with van der Waals surface area (Å²) < 4.78 is 15.8. The second kappa shape index (κ2) is 8.15. The molecule has 0 N–H and O–H groups in total. The van der Waals surface area contributed by atoms with Gasteiger partial charge in [0.1, 0.15) is 11.5 Å². The minimum atomic E-state index is -0.873. The number of esters is 1. The van der Waals surface area contributed by atoms with Crippen LogP contribution in [0.3, 0.4) is 0 Å². The molecule has 24 heavy (non-hydrogen) atoms. The summed E-state index contributed by atoms with van der Waals surface area (Å²) in [6.45, 7) is 3.12. The van der Waals surface area contributed by atoms with Gasteiger partial charge in [0.2, 0.25) is 5.78 Å². The van der Waals surface area contributed by atoms with Crippen molar-refractivity contribution in [2.75, 3.05) is 7.11 Å². The topological polar surface area (TPSA) is 61.8 Å². The van der Waals surface area contributed by atoms with E-state index in [1.165, 1.54) is 0 Å². The van der Waals surface area contributed by atoms with E-state index in [0.29, 0.717) is 17.1 Å². The van der Waals surface area contributed by atoms with E-state index in [1.807, 2.05) is 6.07 Å². The molecule has 2 aromatic carbocycles. The summed E-state index contributed by atoms with van der Waals surface area (Å²) in [5.41, 5.74) is 0.501. The third kappa shape index (κ3) is 4.59. The van der Waals surface area contributed by atoms with Crippen LogP contribution in [0.2, 0.25) is 0 Å². The fraction of sp³-hybridized carbons (Fsp3) is 0.263. The Morgan fingerprint density at radius 1 is 0.833 bits per heavy atom. The van der Waals surface area contributed by atoms with Crippen molar-refractivity contribution < 1.29 is 23.8 Å². The average molecular weight is 328 g/mol. The summed E-state index contributed by atoms with van der Waals surface area (Å²) in [6, 6.07) is 15.6. The molecule has 0 heterocycles. The van der Waals surface area contributed by atoms with Gasteiger partial charge in [0.15, 0.2) is 12.2 Å². The minimum absolute atomic E-state index is 0.249. The highest BCUT2D eigenvalue weighted by molar-refractivity contribution is 6.00. The summed E-state index contributed by atoms with van der Waals surface area (Å²) in [7, 11) is 1.57. The van der Waals surface area contributed by atoms with Crippen LogP contribution in [-0.4, -0.2) is 31.1 Å².